The van der Waals surface area contributed by atoms with Crippen molar-refractivity contribution in [2.45, 2.75) is 37.6 Å². The molecule has 1 saturated heterocycles. The average molecular weight is 366 g/mol. The van der Waals surface area contributed by atoms with Crippen LogP contribution in [-0.2, 0) is 9.53 Å². The van der Waals surface area contributed by atoms with Crippen LogP contribution in [0.1, 0.15) is 25.3 Å². The van der Waals surface area contributed by atoms with E-state index in [1.54, 1.807) is 0 Å². The van der Waals surface area contributed by atoms with E-state index < -0.39 is 41.5 Å². The van der Waals surface area contributed by atoms with Crippen LogP contribution < -0.4 is 9.47 Å². The Balaban J connectivity index is 2.64. The standard InChI is InChI=1S/C16H18F4O5/c1-7-10(8-5-6-9(23-3)11(17)12(8)24-4)13(14(21)22)25-15(7,2)16(18,19)20/h5-7,10,13H,1-4H3,(H,21,22). The average Bonchev–Trinajstić information content (AvgIpc) is 2.80. The van der Waals surface area contributed by atoms with E-state index in [1.807, 2.05) is 0 Å². The summed E-state index contributed by atoms with van der Waals surface area (Å²) in [6.07, 6.45) is -6.60. The number of hydrogen-bond acceptors (Lipinski definition) is 4. The molecule has 5 nitrogen and oxygen atoms in total. The maximum Gasteiger partial charge on any atom is 0.417 e. The van der Waals surface area contributed by atoms with Crippen LogP contribution in [0.5, 0.6) is 11.5 Å². The van der Waals surface area contributed by atoms with Crippen molar-refractivity contribution >= 4 is 5.97 Å². The summed E-state index contributed by atoms with van der Waals surface area (Å²) in [7, 11) is 2.36. The molecule has 1 heterocycles. The van der Waals surface area contributed by atoms with Crippen LogP contribution in [0.25, 0.3) is 0 Å². The fourth-order valence-corrected chi connectivity index (χ4v) is 3.19. The molecule has 25 heavy (non-hydrogen) atoms. The van der Waals surface area contributed by atoms with Crippen LogP contribution in [-0.4, -0.2) is 43.2 Å². The lowest BCUT2D eigenvalue weighted by Crippen LogP contribution is -2.47. The van der Waals surface area contributed by atoms with Crippen LogP contribution in [0.15, 0.2) is 12.1 Å². The van der Waals surface area contributed by atoms with Crippen molar-refractivity contribution in [1.29, 1.82) is 0 Å². The Hall–Kier alpha value is -2.03. The minimum absolute atomic E-state index is 0.0197. The number of methoxy groups -OCH3 is 2. The summed E-state index contributed by atoms with van der Waals surface area (Å²) in [6, 6.07) is 2.51. The third-order valence-corrected chi connectivity index (χ3v) is 4.79. The SMILES string of the molecule is COc1ccc(C2C(C(=O)O)OC(C)(C(F)(F)F)C2C)c(OC)c1F. The van der Waals surface area contributed by atoms with E-state index in [1.165, 1.54) is 26.2 Å². The zero-order valence-electron chi connectivity index (χ0n) is 14.0. The minimum atomic E-state index is -4.80. The predicted molar refractivity (Wildman–Crippen MR) is 78.4 cm³/mol. The second-order valence-electron chi connectivity index (χ2n) is 6.00. The first-order chi connectivity index (χ1) is 11.5. The number of alkyl halides is 3. The molecule has 0 aliphatic carbocycles. The summed E-state index contributed by atoms with van der Waals surface area (Å²) >= 11 is 0. The second kappa shape index (κ2) is 6.36. The number of benzene rings is 1. The first-order valence-electron chi connectivity index (χ1n) is 7.37. The number of rotatable bonds is 4. The molecule has 0 radical (unpaired) electrons. The van der Waals surface area contributed by atoms with Gasteiger partial charge in [-0.05, 0) is 13.0 Å². The molecule has 1 aliphatic heterocycles. The molecule has 1 aromatic rings. The lowest BCUT2D eigenvalue weighted by molar-refractivity contribution is -0.273. The molecule has 1 aromatic carbocycles. The number of aliphatic carboxylic acids is 1. The van der Waals surface area contributed by atoms with Gasteiger partial charge in [0.2, 0.25) is 5.82 Å². The van der Waals surface area contributed by atoms with Gasteiger partial charge in [0, 0.05) is 17.4 Å². The first-order valence-corrected chi connectivity index (χ1v) is 7.37. The second-order valence-corrected chi connectivity index (χ2v) is 6.00. The molecule has 0 spiro atoms. The number of carboxylic acids is 1. The third-order valence-electron chi connectivity index (χ3n) is 4.79. The van der Waals surface area contributed by atoms with Gasteiger partial charge >= 0.3 is 12.1 Å². The summed E-state index contributed by atoms with van der Waals surface area (Å²) < 4.78 is 69.5. The molecule has 4 atom stereocenters. The first kappa shape index (κ1) is 19.3. The lowest BCUT2D eigenvalue weighted by atomic mass is 9.77. The highest BCUT2D eigenvalue weighted by atomic mass is 19.4. The summed E-state index contributed by atoms with van der Waals surface area (Å²) in [6.45, 7) is 2.02. The zero-order valence-corrected chi connectivity index (χ0v) is 14.0. The molecule has 4 unspecified atom stereocenters. The predicted octanol–water partition coefficient (Wildman–Crippen LogP) is 3.37. The highest BCUT2D eigenvalue weighted by Gasteiger charge is 2.66. The highest BCUT2D eigenvalue weighted by Crippen LogP contribution is 2.55. The number of hydrogen-bond donors (Lipinski definition) is 1. The molecule has 1 N–H and O–H groups in total. The Bertz CT molecular complexity index is 675. The summed E-state index contributed by atoms with van der Waals surface area (Å²) in [5.74, 6) is -5.58. The molecular weight excluding hydrogens is 348 g/mol. The maximum atomic E-state index is 14.4. The monoisotopic (exact) mass is 366 g/mol. The van der Waals surface area contributed by atoms with Crippen molar-refractivity contribution in [2.24, 2.45) is 5.92 Å². The smallest absolute Gasteiger partial charge is 0.417 e. The largest absolute Gasteiger partial charge is 0.494 e. The van der Waals surface area contributed by atoms with E-state index in [9.17, 15) is 27.5 Å². The van der Waals surface area contributed by atoms with Crippen LogP contribution in [0, 0.1) is 11.7 Å². The number of carbonyl (C=O) groups is 1. The van der Waals surface area contributed by atoms with Gasteiger partial charge in [-0.3, -0.25) is 0 Å². The van der Waals surface area contributed by atoms with E-state index in [-0.39, 0.29) is 17.1 Å². The number of ether oxygens (including phenoxy) is 3. The van der Waals surface area contributed by atoms with Crippen LogP contribution in [0.3, 0.4) is 0 Å². The Morgan fingerprint density at radius 3 is 2.32 bits per heavy atom. The molecule has 0 aromatic heterocycles. The van der Waals surface area contributed by atoms with Crippen molar-refractivity contribution in [3.63, 3.8) is 0 Å². The van der Waals surface area contributed by atoms with Crippen LogP contribution >= 0.6 is 0 Å². The van der Waals surface area contributed by atoms with Crippen molar-refractivity contribution in [2.75, 3.05) is 14.2 Å². The normalized spacial score (nSPS) is 29.5. The summed E-state index contributed by atoms with van der Waals surface area (Å²) in [5.41, 5.74) is -2.71. The molecule has 0 bridgehead atoms. The molecule has 1 aliphatic rings. The fourth-order valence-electron chi connectivity index (χ4n) is 3.19. The fraction of sp³-hybridized carbons (Fsp3) is 0.562. The van der Waals surface area contributed by atoms with Gasteiger partial charge in [0.15, 0.2) is 23.2 Å². The van der Waals surface area contributed by atoms with Crippen molar-refractivity contribution in [3.05, 3.63) is 23.5 Å². The molecule has 9 heteroatoms. The van der Waals surface area contributed by atoms with E-state index >= 15 is 0 Å². The lowest BCUT2D eigenvalue weighted by Gasteiger charge is -2.32. The van der Waals surface area contributed by atoms with E-state index in [0.717, 1.165) is 14.0 Å². The van der Waals surface area contributed by atoms with E-state index in [2.05, 4.69) is 0 Å². The van der Waals surface area contributed by atoms with Gasteiger partial charge in [-0.25, -0.2) is 4.79 Å². The van der Waals surface area contributed by atoms with Gasteiger partial charge in [0.25, 0.3) is 0 Å². The third kappa shape index (κ3) is 2.90. The molecule has 0 saturated carbocycles. The summed E-state index contributed by atoms with van der Waals surface area (Å²) in [4.78, 5) is 11.5. The minimum Gasteiger partial charge on any atom is -0.494 e. The van der Waals surface area contributed by atoms with Gasteiger partial charge in [0.1, 0.15) is 0 Å². The molecular formula is C16H18F4O5. The van der Waals surface area contributed by atoms with Gasteiger partial charge in [-0.15, -0.1) is 0 Å². The number of carboxylic acid groups (broad SMARTS) is 1. The summed E-state index contributed by atoms with van der Waals surface area (Å²) in [5, 5.41) is 9.34. The van der Waals surface area contributed by atoms with E-state index in [0.29, 0.717) is 0 Å². The van der Waals surface area contributed by atoms with Gasteiger partial charge in [0.05, 0.1) is 14.2 Å². The van der Waals surface area contributed by atoms with Crippen molar-refractivity contribution in [1.82, 2.24) is 0 Å². The zero-order chi connectivity index (χ0) is 19.2. The van der Waals surface area contributed by atoms with Crippen LogP contribution in [0.2, 0.25) is 0 Å². The maximum absolute atomic E-state index is 14.4. The Morgan fingerprint density at radius 2 is 1.88 bits per heavy atom. The Kier molecular flexibility index (Phi) is 4.91. The molecule has 140 valence electrons. The van der Waals surface area contributed by atoms with Gasteiger partial charge in [-0.1, -0.05) is 13.0 Å². The quantitative estimate of drug-likeness (QED) is 0.828. The molecule has 2 rings (SSSR count). The van der Waals surface area contributed by atoms with Crippen molar-refractivity contribution < 1.29 is 41.7 Å². The van der Waals surface area contributed by atoms with Crippen molar-refractivity contribution in [3.8, 4) is 11.5 Å². The molecule has 1 fully saturated rings. The van der Waals surface area contributed by atoms with Gasteiger partial charge < -0.3 is 19.3 Å². The van der Waals surface area contributed by atoms with Crippen LogP contribution in [0.4, 0.5) is 17.6 Å². The molecule has 0 amide bonds. The van der Waals surface area contributed by atoms with E-state index in [4.69, 9.17) is 14.2 Å². The highest BCUT2D eigenvalue weighted by molar-refractivity contribution is 5.75. The Labute approximate surface area is 141 Å². The Morgan fingerprint density at radius 1 is 1.28 bits per heavy atom. The topological polar surface area (TPSA) is 65.0 Å². The van der Waals surface area contributed by atoms with Gasteiger partial charge in [-0.2, -0.15) is 17.6 Å². The number of halogens is 4.